The number of alkyl halides is 5. The average Bonchev–Trinajstić information content (AvgIpc) is 3.05. The number of nitrogens with zero attached hydrogens (tertiary/aromatic N) is 3. The van der Waals surface area contributed by atoms with Crippen molar-refractivity contribution in [2.45, 2.75) is 105 Å². The number of carbonyl (C=O) groups excluding carboxylic acids is 2. The van der Waals surface area contributed by atoms with Crippen LogP contribution in [-0.2, 0) is 22.2 Å². The number of aryl methyl sites for hydroxylation is 2. The number of halogens is 5. The fraction of sp³-hybridized carbons (Fsp3) is 0.514. The number of carbonyl (C=O) groups is 2. The maximum Gasteiger partial charge on any atom is 0.417 e. The van der Waals surface area contributed by atoms with E-state index in [1.54, 1.807) is 12.1 Å². The lowest BCUT2D eigenvalue weighted by Crippen LogP contribution is -2.25. The Labute approximate surface area is 283 Å². The van der Waals surface area contributed by atoms with E-state index in [-0.39, 0.29) is 6.42 Å². The Morgan fingerprint density at radius 3 is 1.83 bits per heavy atom. The number of ether oxygens (including phenoxy) is 1. The van der Waals surface area contributed by atoms with Crippen LogP contribution >= 0.6 is 0 Å². The predicted molar refractivity (Wildman–Crippen MR) is 183 cm³/mol. The van der Waals surface area contributed by atoms with Crippen molar-refractivity contribution in [2.24, 2.45) is 5.92 Å². The summed E-state index contributed by atoms with van der Waals surface area (Å²) in [5, 5.41) is 0. The highest BCUT2D eigenvalue weighted by atomic mass is 19.4. The fourth-order valence-electron chi connectivity index (χ4n) is 4.82. The molecule has 1 aromatic carbocycles. The molecule has 48 heavy (non-hydrogen) atoms. The second-order valence-electron chi connectivity index (χ2n) is 11.8. The summed E-state index contributed by atoms with van der Waals surface area (Å²) in [6.45, 7) is 16.9. The van der Waals surface area contributed by atoms with E-state index in [1.807, 2.05) is 76.6 Å². The summed E-state index contributed by atoms with van der Waals surface area (Å²) in [6.07, 6.45) is 5.53. The summed E-state index contributed by atoms with van der Waals surface area (Å²) in [5.74, 6) is -0.136. The lowest BCUT2D eigenvalue weighted by Gasteiger charge is -2.26. The van der Waals surface area contributed by atoms with Crippen molar-refractivity contribution in [3.63, 3.8) is 0 Å². The molecule has 0 N–H and O–H groups in total. The van der Waals surface area contributed by atoms with Crippen LogP contribution in [0, 0.1) is 19.8 Å². The first-order valence-corrected chi connectivity index (χ1v) is 16.1. The number of aromatic nitrogens is 2. The van der Waals surface area contributed by atoms with Crippen LogP contribution in [0.2, 0.25) is 0 Å². The van der Waals surface area contributed by atoms with Crippen molar-refractivity contribution < 1.29 is 36.3 Å². The van der Waals surface area contributed by atoms with E-state index in [0.29, 0.717) is 17.5 Å². The molecule has 0 aliphatic heterocycles. The summed E-state index contributed by atoms with van der Waals surface area (Å²) in [5.41, 5.74) is 2.11. The van der Waals surface area contributed by atoms with Gasteiger partial charge in [0.05, 0.1) is 11.7 Å². The van der Waals surface area contributed by atoms with E-state index in [0.717, 1.165) is 68.0 Å². The second-order valence-corrected chi connectivity index (χ2v) is 11.8. The molecule has 0 bridgehead atoms. The van der Waals surface area contributed by atoms with Crippen molar-refractivity contribution in [3.05, 3.63) is 83.3 Å². The van der Waals surface area contributed by atoms with E-state index < -0.39 is 17.7 Å². The zero-order valence-corrected chi connectivity index (χ0v) is 29.2. The minimum absolute atomic E-state index is 0.173. The van der Waals surface area contributed by atoms with Crippen LogP contribution in [0.25, 0.3) is 0 Å². The molecule has 0 saturated heterocycles. The van der Waals surface area contributed by atoms with Crippen LogP contribution in [0.5, 0.6) is 5.75 Å². The number of benzene rings is 1. The van der Waals surface area contributed by atoms with Crippen LogP contribution in [0.15, 0.2) is 60.9 Å². The Morgan fingerprint density at radius 1 is 0.833 bits per heavy atom. The Bertz CT molecular complexity index is 1240. The molecule has 2 heterocycles. The predicted octanol–water partition coefficient (Wildman–Crippen LogP) is 9.90. The Morgan fingerprint density at radius 2 is 1.40 bits per heavy atom. The molecule has 3 aromatic rings. The lowest BCUT2D eigenvalue weighted by atomic mass is 9.89. The monoisotopic (exact) mass is 681 g/mol. The Kier molecular flexibility index (Phi) is 21.5. The van der Waals surface area contributed by atoms with E-state index in [4.69, 9.17) is 14.3 Å². The molecule has 1 aliphatic rings. The second kappa shape index (κ2) is 23.4. The summed E-state index contributed by atoms with van der Waals surface area (Å²) >= 11 is 0. The first-order valence-electron chi connectivity index (χ1n) is 16.1. The van der Waals surface area contributed by atoms with Crippen LogP contribution in [0.4, 0.5) is 27.8 Å². The number of anilines is 1. The van der Waals surface area contributed by atoms with Gasteiger partial charge >= 0.3 is 6.18 Å². The molecule has 4 rings (SSSR count). The van der Waals surface area contributed by atoms with Crippen LogP contribution in [0.1, 0.15) is 88.6 Å². The smallest absolute Gasteiger partial charge is 0.417 e. The lowest BCUT2D eigenvalue weighted by molar-refractivity contribution is -0.137. The Balaban J connectivity index is 0.000000663. The van der Waals surface area contributed by atoms with Crippen LogP contribution < -0.4 is 9.64 Å². The van der Waals surface area contributed by atoms with E-state index in [1.165, 1.54) is 31.7 Å². The number of hydrogen-bond acceptors (Lipinski definition) is 6. The normalized spacial score (nSPS) is 15.4. The van der Waals surface area contributed by atoms with Gasteiger partial charge in [-0.3, -0.25) is 4.98 Å². The van der Waals surface area contributed by atoms with Crippen molar-refractivity contribution in [1.29, 1.82) is 0 Å². The van der Waals surface area contributed by atoms with Gasteiger partial charge < -0.3 is 19.2 Å². The highest BCUT2D eigenvalue weighted by molar-refractivity contribution is 5.39. The van der Waals surface area contributed by atoms with Gasteiger partial charge in [0.15, 0.2) is 0 Å². The molecule has 1 saturated carbocycles. The topological polar surface area (TPSA) is 72.4 Å². The number of hydrogen-bond donors (Lipinski definition) is 0. The van der Waals surface area contributed by atoms with Gasteiger partial charge in [0.25, 0.3) is 0 Å². The summed E-state index contributed by atoms with van der Waals surface area (Å²) in [4.78, 5) is 26.1. The Hall–Kier alpha value is -3.89. The summed E-state index contributed by atoms with van der Waals surface area (Å²) < 4.78 is 68.1. The van der Waals surface area contributed by atoms with Gasteiger partial charge in [0.1, 0.15) is 25.1 Å². The molecule has 1 aliphatic carbocycles. The molecule has 2 aromatic heterocycles. The van der Waals surface area contributed by atoms with Gasteiger partial charge in [-0.2, -0.15) is 13.2 Å². The molecular formula is C37H52F5N3O3. The van der Waals surface area contributed by atoms with Gasteiger partial charge in [0, 0.05) is 43.7 Å². The van der Waals surface area contributed by atoms with Gasteiger partial charge in [-0.15, -0.1) is 0 Å². The zero-order chi connectivity index (χ0) is 36.8. The number of pyridine rings is 2. The number of rotatable bonds is 9. The van der Waals surface area contributed by atoms with Crippen molar-refractivity contribution in [3.8, 4) is 5.75 Å². The largest absolute Gasteiger partial charge is 0.490 e. The molecule has 0 amide bonds. The van der Waals surface area contributed by atoms with E-state index >= 15 is 0 Å². The van der Waals surface area contributed by atoms with Crippen LogP contribution in [-0.4, -0.2) is 48.7 Å². The van der Waals surface area contributed by atoms with Gasteiger partial charge in [-0.1, -0.05) is 50.6 Å². The van der Waals surface area contributed by atoms with E-state index in [9.17, 15) is 22.0 Å². The van der Waals surface area contributed by atoms with Gasteiger partial charge in [0.2, 0.25) is 5.92 Å². The van der Waals surface area contributed by atoms with Crippen molar-refractivity contribution in [2.75, 3.05) is 18.0 Å². The highest BCUT2D eigenvalue weighted by Crippen LogP contribution is 2.30. The average molecular weight is 682 g/mol. The fourth-order valence-corrected chi connectivity index (χ4v) is 4.82. The van der Waals surface area contributed by atoms with Gasteiger partial charge in [-0.05, 0) is 89.0 Å². The molecule has 268 valence electrons. The summed E-state index contributed by atoms with van der Waals surface area (Å²) in [7, 11) is 0. The van der Waals surface area contributed by atoms with Gasteiger partial charge in [-0.25, -0.2) is 13.8 Å². The quantitative estimate of drug-likeness (QED) is 0.210. The van der Waals surface area contributed by atoms with Crippen molar-refractivity contribution in [1.82, 2.24) is 9.97 Å². The third-order valence-corrected chi connectivity index (χ3v) is 7.16. The first kappa shape index (κ1) is 44.1. The summed E-state index contributed by atoms with van der Waals surface area (Å²) in [6, 6.07) is 13.7. The molecule has 6 nitrogen and oxygen atoms in total. The molecule has 0 radical (unpaired) electrons. The molecule has 11 heteroatoms. The molecule has 0 spiro atoms. The zero-order valence-electron chi connectivity index (χ0n) is 29.2. The van der Waals surface area contributed by atoms with E-state index in [2.05, 4.69) is 16.9 Å². The highest BCUT2D eigenvalue weighted by Gasteiger charge is 2.30. The standard InChI is InChI=1S/C13H19NO.C12H17F3N2.C10H12F2.2CH2O/c1-10-3-5-12(6-4-10)15-13-7-8-14-11(2)9-13;1-3-7-17(8-4-2)11-6-5-10(9-16-11)12(13,14)15;1-8-3-5-9(6-4-8)7-10(2,11)12;2*1-2/h7-10,12H,3-6H2,1-2H3;5-6,9H,3-4,7-8H2,1-2H3;3-6H,7H2,1-2H3;2*1H2. The molecule has 0 atom stereocenters. The maximum atomic E-state index is 12.5. The third kappa shape index (κ3) is 19.1. The minimum Gasteiger partial charge on any atom is -0.490 e. The molecular weight excluding hydrogens is 629 g/mol. The SMILES string of the molecule is C=O.C=O.CCCN(CCC)c1ccc(C(F)(F)F)cn1.Cc1cc(OC2CCC(C)CC2)ccn1.Cc1ccc(CC(C)(F)F)cc1. The van der Waals surface area contributed by atoms with Crippen molar-refractivity contribution >= 4 is 19.4 Å². The maximum absolute atomic E-state index is 12.5. The minimum atomic E-state index is -4.31. The first-order chi connectivity index (χ1) is 22.7. The van der Waals surface area contributed by atoms with Crippen LogP contribution in [0.3, 0.4) is 0 Å². The molecule has 1 fully saturated rings. The third-order valence-electron chi connectivity index (χ3n) is 7.16. The molecule has 0 unspecified atom stereocenters.